The van der Waals surface area contributed by atoms with Crippen molar-refractivity contribution < 1.29 is 14.7 Å². The Bertz CT molecular complexity index is 487. The first-order chi connectivity index (χ1) is 9.08. The quantitative estimate of drug-likeness (QED) is 0.832. The molecule has 19 heavy (non-hydrogen) atoms. The zero-order chi connectivity index (χ0) is 13.8. The summed E-state index contributed by atoms with van der Waals surface area (Å²) in [5.41, 5.74) is 2.26. The van der Waals surface area contributed by atoms with Crippen LogP contribution in [0.3, 0.4) is 0 Å². The number of thioether (sulfide) groups is 1. The molecule has 0 aromatic carbocycles. The van der Waals surface area contributed by atoms with Crippen LogP contribution in [0.5, 0.6) is 0 Å². The van der Waals surface area contributed by atoms with Gasteiger partial charge < -0.3 is 10.4 Å². The Hall–Kier alpha value is -1.50. The number of aliphatic carboxylic acids is 1. The van der Waals surface area contributed by atoms with Gasteiger partial charge in [0.1, 0.15) is 0 Å². The predicted molar refractivity (Wildman–Crippen MR) is 72.0 cm³/mol. The number of hydrogen-bond donors (Lipinski definition) is 2. The second kappa shape index (κ2) is 6.10. The van der Waals surface area contributed by atoms with E-state index in [1.807, 2.05) is 17.9 Å². The maximum atomic E-state index is 11.8. The lowest BCUT2D eigenvalue weighted by Crippen LogP contribution is -2.32. The molecule has 1 aliphatic carbocycles. The monoisotopic (exact) mass is 283 g/mol. The number of aromatic nitrogens is 2. The van der Waals surface area contributed by atoms with Crippen LogP contribution in [-0.4, -0.2) is 38.3 Å². The molecule has 6 nitrogen and oxygen atoms in total. The summed E-state index contributed by atoms with van der Waals surface area (Å²) in [5.74, 6) is -0.882. The molecule has 0 saturated heterocycles. The number of carboxylic acids is 1. The number of nitrogens with zero attached hydrogens (tertiary/aromatic N) is 2. The van der Waals surface area contributed by atoms with Crippen molar-refractivity contribution >= 4 is 23.6 Å². The summed E-state index contributed by atoms with van der Waals surface area (Å²) in [4.78, 5) is 22.1. The van der Waals surface area contributed by atoms with Crippen LogP contribution in [-0.2, 0) is 23.1 Å². The number of nitrogens with one attached hydrogen (secondary N) is 1. The van der Waals surface area contributed by atoms with E-state index in [1.165, 1.54) is 5.69 Å². The van der Waals surface area contributed by atoms with Crippen molar-refractivity contribution in [3.05, 3.63) is 17.5 Å². The molecule has 0 saturated carbocycles. The SMILES string of the molecule is Cn1ncc2c1CCCC2NC(=O)CSCC(=O)O. The van der Waals surface area contributed by atoms with Gasteiger partial charge in [-0.3, -0.25) is 14.3 Å². The van der Waals surface area contributed by atoms with Crippen molar-refractivity contribution in [2.75, 3.05) is 11.5 Å². The van der Waals surface area contributed by atoms with Gasteiger partial charge in [-0.2, -0.15) is 5.10 Å². The Labute approximate surface area is 115 Å². The minimum absolute atomic E-state index is 0.00961. The van der Waals surface area contributed by atoms with Gasteiger partial charge >= 0.3 is 5.97 Å². The van der Waals surface area contributed by atoms with Crippen LogP contribution in [0.25, 0.3) is 0 Å². The molecule has 1 amide bonds. The molecule has 2 rings (SSSR count). The fourth-order valence-electron chi connectivity index (χ4n) is 2.32. The van der Waals surface area contributed by atoms with E-state index in [-0.39, 0.29) is 23.5 Å². The molecule has 0 bridgehead atoms. The van der Waals surface area contributed by atoms with Gasteiger partial charge in [-0.1, -0.05) is 0 Å². The lowest BCUT2D eigenvalue weighted by Gasteiger charge is -2.23. The smallest absolute Gasteiger partial charge is 0.313 e. The molecule has 1 heterocycles. The summed E-state index contributed by atoms with van der Waals surface area (Å²) >= 11 is 1.11. The van der Waals surface area contributed by atoms with E-state index >= 15 is 0 Å². The minimum Gasteiger partial charge on any atom is -0.481 e. The molecule has 1 aromatic rings. The Kier molecular flexibility index (Phi) is 4.47. The number of aryl methyl sites for hydroxylation is 1. The van der Waals surface area contributed by atoms with E-state index in [1.54, 1.807) is 0 Å². The van der Waals surface area contributed by atoms with Crippen molar-refractivity contribution in [3.63, 3.8) is 0 Å². The maximum absolute atomic E-state index is 11.8. The van der Waals surface area contributed by atoms with E-state index in [0.29, 0.717) is 0 Å². The van der Waals surface area contributed by atoms with Crippen molar-refractivity contribution in [2.45, 2.75) is 25.3 Å². The summed E-state index contributed by atoms with van der Waals surface area (Å²) in [5, 5.41) is 15.7. The number of carbonyl (C=O) groups excluding carboxylic acids is 1. The zero-order valence-corrected chi connectivity index (χ0v) is 11.6. The summed E-state index contributed by atoms with van der Waals surface area (Å²) in [6.45, 7) is 0. The average molecular weight is 283 g/mol. The lowest BCUT2D eigenvalue weighted by atomic mass is 9.93. The van der Waals surface area contributed by atoms with E-state index in [4.69, 9.17) is 5.11 Å². The fraction of sp³-hybridized carbons (Fsp3) is 0.583. The minimum atomic E-state index is -0.898. The van der Waals surface area contributed by atoms with Crippen LogP contribution in [0.15, 0.2) is 6.20 Å². The summed E-state index contributed by atoms with van der Waals surface area (Å²) in [6, 6.07) is 0.00961. The van der Waals surface area contributed by atoms with E-state index < -0.39 is 5.97 Å². The van der Waals surface area contributed by atoms with Crippen molar-refractivity contribution in [3.8, 4) is 0 Å². The van der Waals surface area contributed by atoms with Crippen LogP contribution in [0.1, 0.15) is 30.1 Å². The molecule has 2 N–H and O–H groups in total. The Morgan fingerprint density at radius 2 is 2.37 bits per heavy atom. The molecule has 1 unspecified atom stereocenters. The third kappa shape index (κ3) is 3.50. The number of carboxylic acid groups (broad SMARTS) is 1. The Morgan fingerprint density at radius 1 is 1.58 bits per heavy atom. The van der Waals surface area contributed by atoms with Gasteiger partial charge in [0.25, 0.3) is 0 Å². The van der Waals surface area contributed by atoms with E-state index in [9.17, 15) is 9.59 Å². The van der Waals surface area contributed by atoms with E-state index in [0.717, 1.165) is 36.6 Å². The van der Waals surface area contributed by atoms with Gasteiger partial charge in [-0.15, -0.1) is 11.8 Å². The van der Waals surface area contributed by atoms with Gasteiger partial charge in [0.15, 0.2) is 0 Å². The Morgan fingerprint density at radius 3 is 3.11 bits per heavy atom. The number of hydrogen-bond acceptors (Lipinski definition) is 4. The van der Waals surface area contributed by atoms with Gasteiger partial charge in [0.05, 0.1) is 23.7 Å². The van der Waals surface area contributed by atoms with Crippen molar-refractivity contribution in [1.29, 1.82) is 0 Å². The lowest BCUT2D eigenvalue weighted by molar-refractivity contribution is -0.133. The topological polar surface area (TPSA) is 84.2 Å². The third-order valence-corrected chi connectivity index (χ3v) is 4.09. The van der Waals surface area contributed by atoms with Gasteiger partial charge in [0, 0.05) is 18.3 Å². The highest BCUT2D eigenvalue weighted by atomic mass is 32.2. The Balaban J connectivity index is 1.90. The van der Waals surface area contributed by atoms with E-state index in [2.05, 4.69) is 10.4 Å². The third-order valence-electron chi connectivity index (χ3n) is 3.17. The number of rotatable bonds is 5. The zero-order valence-electron chi connectivity index (χ0n) is 10.8. The highest BCUT2D eigenvalue weighted by molar-refractivity contribution is 8.00. The summed E-state index contributed by atoms with van der Waals surface area (Å²) < 4.78 is 1.85. The van der Waals surface area contributed by atoms with Crippen LogP contribution in [0, 0.1) is 0 Å². The molecule has 1 aliphatic rings. The van der Waals surface area contributed by atoms with Gasteiger partial charge in [0.2, 0.25) is 5.91 Å². The normalized spacial score (nSPS) is 17.8. The first-order valence-corrected chi connectivity index (χ1v) is 7.33. The van der Waals surface area contributed by atoms with Crippen LogP contribution in [0.2, 0.25) is 0 Å². The van der Waals surface area contributed by atoms with Crippen LogP contribution < -0.4 is 5.32 Å². The molecule has 0 aliphatic heterocycles. The average Bonchev–Trinajstić information content (AvgIpc) is 2.72. The largest absolute Gasteiger partial charge is 0.481 e. The molecular formula is C12H17N3O3S. The highest BCUT2D eigenvalue weighted by Crippen LogP contribution is 2.29. The first kappa shape index (κ1) is 13.9. The van der Waals surface area contributed by atoms with Gasteiger partial charge in [-0.25, -0.2) is 0 Å². The van der Waals surface area contributed by atoms with Crippen LogP contribution >= 0.6 is 11.8 Å². The molecule has 0 fully saturated rings. The fourth-order valence-corrected chi connectivity index (χ4v) is 2.87. The van der Waals surface area contributed by atoms with Crippen molar-refractivity contribution in [1.82, 2.24) is 15.1 Å². The van der Waals surface area contributed by atoms with Gasteiger partial charge in [-0.05, 0) is 19.3 Å². The highest BCUT2D eigenvalue weighted by Gasteiger charge is 2.24. The molecular weight excluding hydrogens is 266 g/mol. The summed E-state index contributed by atoms with van der Waals surface area (Å²) in [7, 11) is 1.91. The molecule has 1 aromatic heterocycles. The van der Waals surface area contributed by atoms with Crippen LogP contribution in [0.4, 0.5) is 0 Å². The molecule has 7 heteroatoms. The number of amides is 1. The number of fused-ring (bicyclic) bond motifs is 1. The molecule has 104 valence electrons. The number of carbonyl (C=O) groups is 2. The molecule has 0 spiro atoms. The maximum Gasteiger partial charge on any atom is 0.313 e. The predicted octanol–water partition coefficient (Wildman–Crippen LogP) is 0.731. The second-order valence-corrected chi connectivity index (χ2v) is 5.55. The standard InChI is InChI=1S/C12H17N3O3S/c1-15-10-4-2-3-9(8(10)5-13-15)14-11(16)6-19-7-12(17)18/h5,9H,2-4,6-7H2,1H3,(H,14,16)(H,17,18). The molecule has 0 radical (unpaired) electrons. The second-order valence-electron chi connectivity index (χ2n) is 4.57. The summed E-state index contributed by atoms with van der Waals surface area (Å²) in [6.07, 6.45) is 4.74. The first-order valence-electron chi connectivity index (χ1n) is 6.17. The van der Waals surface area contributed by atoms with Crippen molar-refractivity contribution in [2.24, 2.45) is 7.05 Å². The molecule has 1 atom stereocenters.